The van der Waals surface area contributed by atoms with Gasteiger partial charge in [-0.25, -0.2) is 0 Å². The van der Waals surface area contributed by atoms with Gasteiger partial charge in [0.2, 0.25) is 0 Å². The molecular weight excluding hydrogens is 230 g/mol. The SMILES string of the molecule is Cc1cccn(Cc2ccccc2[N+](=O)[O-])c1=N. The molecule has 1 aromatic carbocycles. The van der Waals surface area contributed by atoms with Crippen LogP contribution in [0, 0.1) is 22.4 Å². The smallest absolute Gasteiger partial charge is 0.274 e. The lowest BCUT2D eigenvalue weighted by molar-refractivity contribution is -0.385. The van der Waals surface area contributed by atoms with Gasteiger partial charge < -0.3 is 4.57 Å². The number of nitro groups is 1. The molecule has 1 heterocycles. The molecule has 0 saturated carbocycles. The molecule has 0 radical (unpaired) electrons. The van der Waals surface area contributed by atoms with Gasteiger partial charge in [0.25, 0.3) is 5.69 Å². The van der Waals surface area contributed by atoms with Crippen molar-refractivity contribution in [1.82, 2.24) is 4.57 Å². The van der Waals surface area contributed by atoms with E-state index in [1.54, 1.807) is 29.0 Å². The van der Waals surface area contributed by atoms with Crippen LogP contribution >= 0.6 is 0 Å². The summed E-state index contributed by atoms with van der Waals surface area (Å²) in [5.41, 5.74) is 1.91. The molecule has 0 spiro atoms. The van der Waals surface area contributed by atoms with E-state index in [1.807, 2.05) is 19.1 Å². The van der Waals surface area contributed by atoms with E-state index in [0.717, 1.165) is 5.56 Å². The first-order valence-corrected chi connectivity index (χ1v) is 5.52. The number of pyridine rings is 1. The fourth-order valence-corrected chi connectivity index (χ4v) is 1.81. The Labute approximate surface area is 104 Å². The number of benzene rings is 1. The highest BCUT2D eigenvalue weighted by atomic mass is 16.6. The lowest BCUT2D eigenvalue weighted by atomic mass is 10.1. The van der Waals surface area contributed by atoms with Crippen LogP contribution in [-0.4, -0.2) is 9.49 Å². The number of aryl methyl sites for hydroxylation is 1. The average Bonchev–Trinajstić information content (AvgIpc) is 2.35. The Morgan fingerprint density at radius 3 is 2.72 bits per heavy atom. The summed E-state index contributed by atoms with van der Waals surface area (Å²) in [5.74, 6) is 0. The minimum atomic E-state index is -0.394. The fraction of sp³-hybridized carbons (Fsp3) is 0.154. The van der Waals surface area contributed by atoms with Crippen molar-refractivity contribution in [3.05, 3.63) is 69.3 Å². The quantitative estimate of drug-likeness (QED) is 0.663. The molecule has 0 saturated heterocycles. The molecule has 0 unspecified atom stereocenters. The van der Waals surface area contributed by atoms with Gasteiger partial charge in [-0.1, -0.05) is 24.3 Å². The lowest BCUT2D eigenvalue weighted by Crippen LogP contribution is -2.22. The van der Waals surface area contributed by atoms with Crippen LogP contribution in [0.2, 0.25) is 0 Å². The Hall–Kier alpha value is -2.43. The largest absolute Gasteiger partial charge is 0.329 e. The maximum Gasteiger partial charge on any atom is 0.274 e. The Morgan fingerprint density at radius 1 is 1.28 bits per heavy atom. The van der Waals surface area contributed by atoms with Crippen LogP contribution in [0.15, 0.2) is 42.6 Å². The third kappa shape index (κ3) is 2.29. The van der Waals surface area contributed by atoms with Crippen LogP contribution in [0.3, 0.4) is 0 Å². The highest BCUT2D eigenvalue weighted by Crippen LogP contribution is 2.18. The summed E-state index contributed by atoms with van der Waals surface area (Å²) in [7, 11) is 0. The number of aromatic nitrogens is 1. The number of hydrogen-bond donors (Lipinski definition) is 1. The van der Waals surface area contributed by atoms with Gasteiger partial charge in [-0.15, -0.1) is 0 Å². The summed E-state index contributed by atoms with van der Waals surface area (Å²) < 4.78 is 1.69. The van der Waals surface area contributed by atoms with Crippen molar-refractivity contribution in [1.29, 1.82) is 5.41 Å². The van der Waals surface area contributed by atoms with E-state index < -0.39 is 4.92 Å². The minimum absolute atomic E-state index is 0.0888. The molecule has 0 amide bonds. The Kier molecular flexibility index (Phi) is 3.23. The Bertz CT molecular complexity index is 647. The molecule has 5 nitrogen and oxygen atoms in total. The molecule has 1 aromatic heterocycles. The molecule has 0 bridgehead atoms. The number of para-hydroxylation sites is 1. The summed E-state index contributed by atoms with van der Waals surface area (Å²) in [6, 6.07) is 10.3. The summed E-state index contributed by atoms with van der Waals surface area (Å²) >= 11 is 0. The van der Waals surface area contributed by atoms with Crippen molar-refractivity contribution in [2.75, 3.05) is 0 Å². The van der Waals surface area contributed by atoms with Gasteiger partial charge in [-0.2, -0.15) is 0 Å². The molecule has 0 aliphatic carbocycles. The second-order valence-electron chi connectivity index (χ2n) is 4.05. The third-order valence-corrected chi connectivity index (χ3v) is 2.80. The summed E-state index contributed by atoms with van der Waals surface area (Å²) in [6.07, 6.45) is 1.76. The second-order valence-corrected chi connectivity index (χ2v) is 4.05. The zero-order chi connectivity index (χ0) is 13.1. The summed E-state index contributed by atoms with van der Waals surface area (Å²) in [4.78, 5) is 10.5. The topological polar surface area (TPSA) is 71.9 Å². The van der Waals surface area contributed by atoms with Crippen LogP contribution in [0.1, 0.15) is 11.1 Å². The van der Waals surface area contributed by atoms with Gasteiger partial charge in [0, 0.05) is 17.8 Å². The van der Waals surface area contributed by atoms with Gasteiger partial charge in [0.15, 0.2) is 0 Å². The molecule has 0 atom stereocenters. The van der Waals surface area contributed by atoms with E-state index in [4.69, 9.17) is 5.41 Å². The fourth-order valence-electron chi connectivity index (χ4n) is 1.81. The number of nitro benzene ring substituents is 1. The van der Waals surface area contributed by atoms with E-state index in [0.29, 0.717) is 17.6 Å². The predicted molar refractivity (Wildman–Crippen MR) is 67.2 cm³/mol. The standard InChI is InChI=1S/C13H13N3O2/c1-10-5-4-8-15(13(10)14)9-11-6-2-3-7-12(11)16(17)18/h2-8,14H,9H2,1H3. The molecule has 18 heavy (non-hydrogen) atoms. The van der Waals surface area contributed by atoms with Crippen molar-refractivity contribution in [3.8, 4) is 0 Å². The number of rotatable bonds is 3. The van der Waals surface area contributed by atoms with E-state index >= 15 is 0 Å². The van der Waals surface area contributed by atoms with Crippen molar-refractivity contribution in [2.45, 2.75) is 13.5 Å². The molecule has 1 N–H and O–H groups in total. The highest BCUT2D eigenvalue weighted by Gasteiger charge is 2.12. The molecule has 2 aromatic rings. The lowest BCUT2D eigenvalue weighted by Gasteiger charge is -2.08. The maximum atomic E-state index is 10.9. The minimum Gasteiger partial charge on any atom is -0.329 e. The Morgan fingerprint density at radius 2 is 2.00 bits per heavy atom. The van der Waals surface area contributed by atoms with Gasteiger partial charge in [-0.3, -0.25) is 15.5 Å². The normalized spacial score (nSPS) is 10.3. The van der Waals surface area contributed by atoms with E-state index in [2.05, 4.69) is 0 Å². The van der Waals surface area contributed by atoms with Crippen LogP contribution in [0.5, 0.6) is 0 Å². The molecule has 0 fully saturated rings. The highest BCUT2D eigenvalue weighted by molar-refractivity contribution is 5.39. The van der Waals surface area contributed by atoms with Crippen LogP contribution < -0.4 is 5.49 Å². The van der Waals surface area contributed by atoms with Gasteiger partial charge in [-0.05, 0) is 18.6 Å². The number of hydrogen-bond acceptors (Lipinski definition) is 3. The van der Waals surface area contributed by atoms with Crippen molar-refractivity contribution in [3.63, 3.8) is 0 Å². The number of nitrogens with one attached hydrogen (secondary N) is 1. The molecule has 92 valence electrons. The first-order chi connectivity index (χ1) is 8.59. The molecule has 2 rings (SSSR count). The van der Waals surface area contributed by atoms with Crippen molar-refractivity contribution in [2.24, 2.45) is 0 Å². The van der Waals surface area contributed by atoms with E-state index in [9.17, 15) is 10.1 Å². The van der Waals surface area contributed by atoms with Crippen LogP contribution in [-0.2, 0) is 6.54 Å². The summed E-state index contributed by atoms with van der Waals surface area (Å²) in [5, 5.41) is 18.8. The zero-order valence-electron chi connectivity index (χ0n) is 9.96. The zero-order valence-corrected chi connectivity index (χ0v) is 9.96. The molecule has 0 aliphatic rings. The first kappa shape index (κ1) is 12.0. The van der Waals surface area contributed by atoms with Gasteiger partial charge >= 0.3 is 0 Å². The van der Waals surface area contributed by atoms with Crippen LogP contribution in [0.4, 0.5) is 5.69 Å². The van der Waals surface area contributed by atoms with Gasteiger partial charge in [0.1, 0.15) is 5.49 Å². The number of nitrogens with zero attached hydrogens (tertiary/aromatic N) is 2. The molecule has 0 aliphatic heterocycles. The van der Waals surface area contributed by atoms with Gasteiger partial charge in [0.05, 0.1) is 11.5 Å². The average molecular weight is 243 g/mol. The first-order valence-electron chi connectivity index (χ1n) is 5.52. The predicted octanol–water partition coefficient (Wildman–Crippen LogP) is 2.23. The van der Waals surface area contributed by atoms with Crippen LogP contribution in [0.25, 0.3) is 0 Å². The third-order valence-electron chi connectivity index (χ3n) is 2.80. The van der Waals surface area contributed by atoms with Crippen molar-refractivity contribution < 1.29 is 4.92 Å². The summed E-state index contributed by atoms with van der Waals surface area (Å²) in [6.45, 7) is 2.18. The van der Waals surface area contributed by atoms with Crippen molar-refractivity contribution >= 4 is 5.69 Å². The van der Waals surface area contributed by atoms with E-state index in [1.165, 1.54) is 6.07 Å². The second kappa shape index (κ2) is 4.83. The Balaban J connectivity index is 2.44. The monoisotopic (exact) mass is 243 g/mol. The molecular formula is C13H13N3O2. The van der Waals surface area contributed by atoms with E-state index in [-0.39, 0.29) is 5.69 Å². The molecule has 5 heteroatoms. The maximum absolute atomic E-state index is 10.9.